The molecular formula is C21H27ClN2O3. The van der Waals surface area contributed by atoms with Gasteiger partial charge in [-0.2, -0.15) is 0 Å². The first-order valence-electron chi connectivity index (χ1n) is 9.05. The molecule has 3 rings (SSSR count). The van der Waals surface area contributed by atoms with Gasteiger partial charge in [-0.1, -0.05) is 30.3 Å². The summed E-state index contributed by atoms with van der Waals surface area (Å²) < 4.78 is 5.63. The van der Waals surface area contributed by atoms with Gasteiger partial charge in [0.15, 0.2) is 0 Å². The van der Waals surface area contributed by atoms with E-state index < -0.39 is 11.6 Å². The quantitative estimate of drug-likeness (QED) is 0.734. The number of benzene rings is 2. The van der Waals surface area contributed by atoms with Crippen LogP contribution in [0.15, 0.2) is 54.6 Å². The largest absolute Gasteiger partial charge is 0.491 e. The Morgan fingerprint density at radius 2 is 1.85 bits per heavy atom. The minimum Gasteiger partial charge on any atom is -0.491 e. The molecule has 1 fully saturated rings. The third-order valence-electron chi connectivity index (χ3n) is 4.72. The van der Waals surface area contributed by atoms with E-state index in [9.17, 15) is 9.90 Å². The maximum atomic E-state index is 12.9. The Kier molecular flexibility index (Phi) is 7.25. The molecule has 0 aliphatic carbocycles. The van der Waals surface area contributed by atoms with Crippen molar-refractivity contribution < 1.29 is 14.6 Å². The molecule has 1 aliphatic heterocycles. The van der Waals surface area contributed by atoms with E-state index in [0.29, 0.717) is 18.5 Å². The number of hydrogen-bond donors (Lipinski definition) is 3. The average Bonchev–Trinajstić information content (AvgIpc) is 2.64. The average molecular weight is 391 g/mol. The predicted octanol–water partition coefficient (Wildman–Crippen LogP) is 2.88. The molecule has 146 valence electrons. The molecule has 3 N–H and O–H groups in total. The molecule has 6 heteroatoms. The lowest BCUT2D eigenvalue weighted by Crippen LogP contribution is -2.61. The number of β-amino-alcohol motifs (C(OH)–C–C–N with tert-alkyl or cyclic N) is 1. The number of rotatable bonds is 5. The monoisotopic (exact) mass is 390 g/mol. The van der Waals surface area contributed by atoms with Gasteiger partial charge in [-0.3, -0.25) is 4.79 Å². The zero-order valence-electron chi connectivity index (χ0n) is 15.6. The van der Waals surface area contributed by atoms with Crippen LogP contribution in [-0.4, -0.2) is 36.3 Å². The smallest absolute Gasteiger partial charge is 0.252 e. The maximum Gasteiger partial charge on any atom is 0.252 e. The highest BCUT2D eigenvalue weighted by molar-refractivity contribution is 5.95. The lowest BCUT2D eigenvalue weighted by Gasteiger charge is -2.43. The topological polar surface area (TPSA) is 70.6 Å². The fourth-order valence-electron chi connectivity index (χ4n) is 3.39. The van der Waals surface area contributed by atoms with E-state index in [0.717, 1.165) is 17.9 Å². The molecule has 0 aromatic heterocycles. The van der Waals surface area contributed by atoms with Gasteiger partial charge < -0.3 is 20.5 Å². The van der Waals surface area contributed by atoms with Gasteiger partial charge in [0.1, 0.15) is 5.75 Å². The van der Waals surface area contributed by atoms with E-state index >= 15 is 0 Å². The molecule has 1 aliphatic rings. The Hall–Kier alpha value is -2.08. The number of ether oxygens (including phenoxy) is 1. The summed E-state index contributed by atoms with van der Waals surface area (Å²) in [7, 11) is 0. The molecule has 0 saturated carbocycles. The van der Waals surface area contributed by atoms with Gasteiger partial charge in [0.25, 0.3) is 5.91 Å². The van der Waals surface area contributed by atoms with Crippen LogP contribution >= 0.6 is 12.4 Å². The van der Waals surface area contributed by atoms with E-state index in [-0.39, 0.29) is 24.4 Å². The first-order chi connectivity index (χ1) is 12.5. The lowest BCUT2D eigenvalue weighted by molar-refractivity contribution is 0.0289. The summed E-state index contributed by atoms with van der Waals surface area (Å²) in [5, 5.41) is 17.0. The normalized spacial score (nSPS) is 22.0. The van der Waals surface area contributed by atoms with Crippen LogP contribution in [-0.2, 0) is 5.54 Å². The Labute approximate surface area is 166 Å². The van der Waals surface area contributed by atoms with Crippen molar-refractivity contribution in [3.8, 4) is 5.75 Å². The molecule has 5 nitrogen and oxygen atoms in total. The van der Waals surface area contributed by atoms with Crippen LogP contribution in [0.1, 0.15) is 36.2 Å². The Bertz CT molecular complexity index is 737. The number of halogens is 1. The third kappa shape index (κ3) is 4.80. The SMILES string of the molecule is CC(C)Oc1ccc(C(=O)N[C@]2(c3ccccc3)CCNC[C@H]2O)cc1.Cl. The summed E-state index contributed by atoms with van der Waals surface area (Å²) in [5.74, 6) is 0.530. The molecule has 0 radical (unpaired) electrons. The van der Waals surface area contributed by atoms with Crippen molar-refractivity contribution in [1.29, 1.82) is 0 Å². The van der Waals surface area contributed by atoms with Crippen molar-refractivity contribution in [1.82, 2.24) is 10.6 Å². The zero-order chi connectivity index (χ0) is 18.6. The van der Waals surface area contributed by atoms with Gasteiger partial charge in [0.05, 0.1) is 17.7 Å². The highest BCUT2D eigenvalue weighted by Gasteiger charge is 2.42. The second kappa shape index (κ2) is 9.22. The Balaban J connectivity index is 0.00000261. The summed E-state index contributed by atoms with van der Waals surface area (Å²) in [6.45, 7) is 5.09. The molecule has 0 spiro atoms. The van der Waals surface area contributed by atoms with Gasteiger partial charge in [0.2, 0.25) is 0 Å². The van der Waals surface area contributed by atoms with Gasteiger partial charge >= 0.3 is 0 Å². The summed E-state index contributed by atoms with van der Waals surface area (Å²) in [5.41, 5.74) is 0.667. The van der Waals surface area contributed by atoms with Crippen LogP contribution in [0.25, 0.3) is 0 Å². The molecule has 0 bridgehead atoms. The third-order valence-corrected chi connectivity index (χ3v) is 4.72. The number of aliphatic hydroxyl groups is 1. The van der Waals surface area contributed by atoms with E-state index in [1.54, 1.807) is 24.3 Å². The van der Waals surface area contributed by atoms with Crippen molar-refractivity contribution in [2.75, 3.05) is 13.1 Å². The highest BCUT2D eigenvalue weighted by Crippen LogP contribution is 2.31. The predicted molar refractivity (Wildman–Crippen MR) is 109 cm³/mol. The standard InChI is InChI=1S/C21H26N2O3.ClH/c1-15(2)26-18-10-8-16(9-11-18)20(25)23-21(12-13-22-14-19(21)24)17-6-4-3-5-7-17;/h3-11,15,19,22,24H,12-14H2,1-2H3,(H,23,25);1H/t19-,21+;/m1./s1. The van der Waals surface area contributed by atoms with E-state index in [1.807, 2.05) is 44.2 Å². The highest BCUT2D eigenvalue weighted by atomic mass is 35.5. The van der Waals surface area contributed by atoms with Crippen molar-refractivity contribution in [2.45, 2.75) is 38.0 Å². The van der Waals surface area contributed by atoms with Crippen LogP contribution in [0.4, 0.5) is 0 Å². The molecule has 1 heterocycles. The second-order valence-electron chi connectivity index (χ2n) is 6.95. The van der Waals surface area contributed by atoms with Crippen molar-refractivity contribution >= 4 is 18.3 Å². The number of hydrogen-bond acceptors (Lipinski definition) is 4. The minimum atomic E-state index is -0.795. The van der Waals surface area contributed by atoms with Gasteiger partial charge in [-0.25, -0.2) is 0 Å². The number of carbonyl (C=O) groups is 1. The van der Waals surface area contributed by atoms with Gasteiger partial charge in [-0.15, -0.1) is 12.4 Å². The fourth-order valence-corrected chi connectivity index (χ4v) is 3.39. The van der Waals surface area contributed by atoms with Crippen LogP contribution < -0.4 is 15.4 Å². The minimum absolute atomic E-state index is 0. The number of piperidine rings is 1. The van der Waals surface area contributed by atoms with Crippen molar-refractivity contribution in [2.24, 2.45) is 0 Å². The fraction of sp³-hybridized carbons (Fsp3) is 0.381. The molecule has 2 aromatic carbocycles. The van der Waals surface area contributed by atoms with E-state index in [2.05, 4.69) is 10.6 Å². The maximum absolute atomic E-state index is 12.9. The first kappa shape index (κ1) is 21.2. The lowest BCUT2D eigenvalue weighted by atomic mass is 9.79. The molecule has 1 saturated heterocycles. The summed E-state index contributed by atoms with van der Waals surface area (Å²) in [4.78, 5) is 12.9. The molecule has 0 unspecified atom stereocenters. The summed E-state index contributed by atoms with van der Waals surface area (Å²) in [6, 6.07) is 16.8. The molecule has 2 aromatic rings. The zero-order valence-corrected chi connectivity index (χ0v) is 16.5. The van der Waals surface area contributed by atoms with Crippen molar-refractivity contribution in [3.05, 3.63) is 65.7 Å². The van der Waals surface area contributed by atoms with Crippen LogP contribution in [0.3, 0.4) is 0 Å². The molecule has 27 heavy (non-hydrogen) atoms. The van der Waals surface area contributed by atoms with Gasteiger partial charge in [0, 0.05) is 12.1 Å². The molecule has 1 amide bonds. The molecule has 2 atom stereocenters. The first-order valence-corrected chi connectivity index (χ1v) is 9.05. The van der Waals surface area contributed by atoms with Crippen LogP contribution in [0.5, 0.6) is 5.75 Å². The summed E-state index contributed by atoms with van der Waals surface area (Å²) in [6.07, 6.45) is 0.00501. The van der Waals surface area contributed by atoms with Crippen molar-refractivity contribution in [3.63, 3.8) is 0 Å². The number of aliphatic hydroxyl groups excluding tert-OH is 1. The van der Waals surface area contributed by atoms with E-state index in [4.69, 9.17) is 4.74 Å². The Morgan fingerprint density at radius 3 is 2.44 bits per heavy atom. The molecular weight excluding hydrogens is 364 g/mol. The second-order valence-corrected chi connectivity index (χ2v) is 6.95. The van der Waals surface area contributed by atoms with E-state index in [1.165, 1.54) is 0 Å². The number of nitrogens with one attached hydrogen (secondary N) is 2. The number of amides is 1. The number of carbonyl (C=O) groups excluding carboxylic acids is 1. The Morgan fingerprint density at radius 1 is 1.19 bits per heavy atom. The van der Waals surface area contributed by atoms with Gasteiger partial charge in [-0.05, 0) is 56.6 Å². The van der Waals surface area contributed by atoms with Crippen LogP contribution in [0, 0.1) is 0 Å². The summed E-state index contributed by atoms with van der Waals surface area (Å²) >= 11 is 0. The van der Waals surface area contributed by atoms with Crippen LogP contribution in [0.2, 0.25) is 0 Å².